The number of carbonyl (C=O) groups is 1. The number of hydrogen-bond acceptors (Lipinski definition) is 3. The van der Waals surface area contributed by atoms with E-state index in [1.165, 1.54) is 10.0 Å². The molecule has 3 rings (SSSR count). The first-order valence-electron chi connectivity index (χ1n) is 8.46. The molecule has 2 unspecified atom stereocenters. The Hall–Kier alpha value is -0.970. The summed E-state index contributed by atoms with van der Waals surface area (Å²) in [5.74, 6) is 0.392. The van der Waals surface area contributed by atoms with Gasteiger partial charge in [0.25, 0.3) is 0 Å². The van der Waals surface area contributed by atoms with Gasteiger partial charge in [0.2, 0.25) is 0 Å². The van der Waals surface area contributed by atoms with Gasteiger partial charge in [-0.1, -0.05) is 52.3 Å². The molecule has 1 aliphatic heterocycles. The van der Waals surface area contributed by atoms with Crippen LogP contribution in [0.3, 0.4) is 0 Å². The van der Waals surface area contributed by atoms with Gasteiger partial charge in [-0.15, -0.1) is 0 Å². The second kappa shape index (κ2) is 8.22. The summed E-state index contributed by atoms with van der Waals surface area (Å²) in [4.78, 5) is 14.6. The highest BCUT2D eigenvalue weighted by atomic mass is 79.9. The zero-order chi connectivity index (χ0) is 16.1. The van der Waals surface area contributed by atoms with E-state index in [0.717, 1.165) is 38.9 Å². The van der Waals surface area contributed by atoms with Crippen molar-refractivity contribution in [3.05, 3.63) is 46.5 Å². The molecular formula is C19H24BrNO2. The summed E-state index contributed by atoms with van der Waals surface area (Å²) in [6, 6.07) is 10.5. The van der Waals surface area contributed by atoms with Crippen LogP contribution in [-0.4, -0.2) is 36.5 Å². The van der Waals surface area contributed by atoms with Gasteiger partial charge >= 0.3 is 0 Å². The van der Waals surface area contributed by atoms with Crippen molar-refractivity contribution in [2.75, 3.05) is 19.7 Å². The van der Waals surface area contributed by atoms with Gasteiger partial charge in [-0.2, -0.15) is 0 Å². The first-order chi connectivity index (χ1) is 11.2. The van der Waals surface area contributed by atoms with E-state index in [9.17, 15) is 4.79 Å². The minimum Gasteiger partial charge on any atom is -0.377 e. The molecule has 1 aromatic carbocycles. The minimum atomic E-state index is 0.0295. The molecular weight excluding hydrogens is 354 g/mol. The topological polar surface area (TPSA) is 29.5 Å². The second-order valence-electron chi connectivity index (χ2n) is 6.51. The third-order valence-corrected chi connectivity index (χ3v) is 5.42. The Labute approximate surface area is 146 Å². The van der Waals surface area contributed by atoms with E-state index < -0.39 is 0 Å². The summed E-state index contributed by atoms with van der Waals surface area (Å²) in [5, 5.41) is 0. The Balaban J connectivity index is 1.49. The van der Waals surface area contributed by atoms with Crippen molar-refractivity contribution < 1.29 is 9.53 Å². The molecule has 4 heteroatoms. The maximum atomic E-state index is 12.2. The fourth-order valence-corrected chi connectivity index (χ4v) is 3.71. The van der Waals surface area contributed by atoms with Crippen LogP contribution in [0.15, 0.2) is 40.9 Å². The lowest BCUT2D eigenvalue weighted by molar-refractivity contribution is -0.130. The van der Waals surface area contributed by atoms with Crippen LogP contribution in [0.1, 0.15) is 31.2 Å². The van der Waals surface area contributed by atoms with Gasteiger partial charge < -0.3 is 4.74 Å². The van der Waals surface area contributed by atoms with Crippen molar-refractivity contribution >= 4 is 21.7 Å². The first kappa shape index (κ1) is 16.9. The molecule has 0 spiro atoms. The van der Waals surface area contributed by atoms with Crippen LogP contribution in [0.4, 0.5) is 0 Å². The molecule has 3 nitrogen and oxygen atoms in total. The maximum Gasteiger partial charge on any atom is 0.140 e. The largest absolute Gasteiger partial charge is 0.377 e. The third-order valence-electron chi connectivity index (χ3n) is 4.70. The van der Waals surface area contributed by atoms with E-state index in [1.807, 2.05) is 6.07 Å². The molecule has 0 N–H and O–H groups in total. The van der Waals surface area contributed by atoms with Gasteiger partial charge in [0.1, 0.15) is 5.78 Å². The summed E-state index contributed by atoms with van der Waals surface area (Å²) in [7, 11) is 0. The number of ether oxygens (including phenoxy) is 1. The molecule has 0 saturated carbocycles. The van der Waals surface area contributed by atoms with Gasteiger partial charge in [-0.05, 0) is 29.3 Å². The monoisotopic (exact) mass is 377 g/mol. The van der Waals surface area contributed by atoms with E-state index >= 15 is 0 Å². The smallest absolute Gasteiger partial charge is 0.140 e. The molecule has 1 aliphatic carbocycles. The van der Waals surface area contributed by atoms with E-state index in [4.69, 9.17) is 4.74 Å². The summed E-state index contributed by atoms with van der Waals surface area (Å²) in [6.45, 7) is 3.17. The van der Waals surface area contributed by atoms with E-state index in [2.05, 4.69) is 51.2 Å². The van der Waals surface area contributed by atoms with Crippen LogP contribution in [0.25, 0.3) is 0 Å². The number of rotatable bonds is 5. The van der Waals surface area contributed by atoms with E-state index in [-0.39, 0.29) is 12.0 Å². The maximum absolute atomic E-state index is 12.2. The number of carbonyl (C=O) groups excluding carboxylic acids is 1. The van der Waals surface area contributed by atoms with Crippen LogP contribution in [0.5, 0.6) is 0 Å². The van der Waals surface area contributed by atoms with Crippen LogP contribution in [0.2, 0.25) is 0 Å². The molecule has 1 aromatic rings. The summed E-state index contributed by atoms with van der Waals surface area (Å²) >= 11 is 3.54. The number of allylic oxidation sites excluding steroid dienone is 1. The summed E-state index contributed by atoms with van der Waals surface area (Å²) in [6.07, 6.45) is 6.16. The predicted octanol–water partition coefficient (Wildman–Crippen LogP) is 3.93. The fourth-order valence-electron chi connectivity index (χ4n) is 3.29. The van der Waals surface area contributed by atoms with Gasteiger partial charge in [-0.3, -0.25) is 9.69 Å². The van der Waals surface area contributed by atoms with E-state index in [1.54, 1.807) is 0 Å². The van der Waals surface area contributed by atoms with E-state index in [0.29, 0.717) is 18.8 Å². The van der Waals surface area contributed by atoms with Crippen molar-refractivity contribution in [1.29, 1.82) is 0 Å². The number of benzene rings is 1. The van der Waals surface area contributed by atoms with Crippen LogP contribution in [-0.2, 0) is 16.1 Å². The molecule has 124 valence electrons. The molecule has 2 aliphatic rings. The lowest BCUT2D eigenvalue weighted by Gasteiger charge is -2.32. The predicted molar refractivity (Wildman–Crippen MR) is 95.4 cm³/mol. The Kier molecular flexibility index (Phi) is 6.03. The van der Waals surface area contributed by atoms with Crippen molar-refractivity contribution in [3.8, 4) is 0 Å². The van der Waals surface area contributed by atoms with Crippen molar-refractivity contribution in [2.24, 2.45) is 5.92 Å². The van der Waals surface area contributed by atoms with Gasteiger partial charge in [0.15, 0.2) is 0 Å². The van der Waals surface area contributed by atoms with Crippen LogP contribution < -0.4 is 0 Å². The summed E-state index contributed by atoms with van der Waals surface area (Å²) < 4.78 is 7.30. The Morgan fingerprint density at radius 3 is 2.78 bits per heavy atom. The highest BCUT2D eigenvalue weighted by molar-refractivity contribution is 9.11. The van der Waals surface area contributed by atoms with Crippen molar-refractivity contribution in [3.63, 3.8) is 0 Å². The fraction of sp³-hybridized carbons (Fsp3) is 0.526. The number of nitrogens with zero attached hydrogens (tertiary/aromatic N) is 1. The number of hydrogen-bond donors (Lipinski definition) is 0. The lowest BCUT2D eigenvalue weighted by atomic mass is 9.96. The molecule has 0 amide bonds. The Bertz CT molecular complexity index is 558. The molecule has 0 bridgehead atoms. The number of halogens is 1. The summed E-state index contributed by atoms with van der Waals surface area (Å²) in [5.41, 5.74) is 1.31. The highest BCUT2D eigenvalue weighted by Crippen LogP contribution is 2.25. The number of Topliss-reactive ketones (excluding diaryl/α,β-unsaturated/α-hetero) is 1. The molecule has 23 heavy (non-hydrogen) atoms. The Morgan fingerprint density at radius 1 is 1.22 bits per heavy atom. The number of piperidine rings is 1. The number of likely N-dealkylation sites (tertiary alicyclic amines) is 1. The Morgan fingerprint density at radius 2 is 2.04 bits per heavy atom. The van der Waals surface area contributed by atoms with Crippen LogP contribution in [0, 0.1) is 5.92 Å². The lowest BCUT2D eigenvalue weighted by Crippen LogP contribution is -2.42. The molecule has 0 radical (unpaired) electrons. The molecule has 0 aromatic heterocycles. The average molecular weight is 378 g/mol. The minimum absolute atomic E-state index is 0.0295. The van der Waals surface area contributed by atoms with Gasteiger partial charge in [0.05, 0.1) is 18.6 Å². The normalized spacial score (nSPS) is 26.1. The second-order valence-corrected chi connectivity index (χ2v) is 7.53. The number of ketones is 1. The third kappa shape index (κ3) is 5.00. The zero-order valence-corrected chi connectivity index (χ0v) is 15.0. The van der Waals surface area contributed by atoms with Gasteiger partial charge in [-0.25, -0.2) is 0 Å². The quantitative estimate of drug-likeness (QED) is 0.778. The molecule has 1 fully saturated rings. The standard InChI is InChI=1S/C19H24BrNO2/c20-17-6-8-18(9-7-17)23-14-16-13-21(11-10-19(16)22)12-15-4-2-1-3-5-15/h1-6,16,18H,7-14H2. The van der Waals surface area contributed by atoms with Gasteiger partial charge in [0, 0.05) is 26.1 Å². The SMILES string of the molecule is O=C1CCN(Cc2ccccc2)CC1COC1CC=C(Br)CC1. The highest BCUT2D eigenvalue weighted by Gasteiger charge is 2.28. The molecule has 2 atom stereocenters. The zero-order valence-electron chi connectivity index (χ0n) is 13.4. The molecule has 1 saturated heterocycles. The van der Waals surface area contributed by atoms with Crippen LogP contribution >= 0.6 is 15.9 Å². The van der Waals surface area contributed by atoms with Crippen molar-refractivity contribution in [2.45, 2.75) is 38.3 Å². The average Bonchev–Trinajstić information content (AvgIpc) is 2.58. The molecule has 1 heterocycles. The van der Waals surface area contributed by atoms with Crippen molar-refractivity contribution in [1.82, 2.24) is 4.90 Å². The first-order valence-corrected chi connectivity index (χ1v) is 9.25.